The maximum atomic E-state index is 10.4. The highest BCUT2D eigenvalue weighted by Gasteiger charge is 2.68. The maximum absolute atomic E-state index is 10.4. The summed E-state index contributed by atoms with van der Waals surface area (Å²) in [5.41, 5.74) is -1.56. The molecule has 5 nitrogen and oxygen atoms in total. The third kappa shape index (κ3) is 1.64. The van der Waals surface area contributed by atoms with Crippen LogP contribution in [0.4, 0.5) is 0 Å². The summed E-state index contributed by atoms with van der Waals surface area (Å²) in [5.74, 6) is -0.745. The molecule has 0 spiro atoms. The standard InChI is InChI=1S/C12H22O5/c1-7-11(4)12(5,17-10(2,3)16-11)8(13)9(14-6)15-7/h7-9,13H,1-6H3/t7-,8+,9+,11+,12-/m0/s1. The second kappa shape index (κ2) is 3.65. The molecule has 0 aromatic carbocycles. The molecule has 0 bridgehead atoms. The van der Waals surface area contributed by atoms with Gasteiger partial charge in [-0.3, -0.25) is 0 Å². The minimum atomic E-state index is -0.893. The molecule has 100 valence electrons. The molecule has 0 unspecified atom stereocenters. The predicted octanol–water partition coefficient (Wildman–Crippen LogP) is 1.04. The van der Waals surface area contributed by atoms with Crippen molar-refractivity contribution >= 4 is 0 Å². The van der Waals surface area contributed by atoms with Crippen LogP contribution in [0.5, 0.6) is 0 Å². The highest BCUT2D eigenvalue weighted by molar-refractivity contribution is 5.13. The fraction of sp³-hybridized carbons (Fsp3) is 1.00. The molecule has 2 saturated heterocycles. The van der Waals surface area contributed by atoms with Gasteiger partial charge in [-0.2, -0.15) is 0 Å². The molecular formula is C12H22O5. The van der Waals surface area contributed by atoms with Gasteiger partial charge in [-0.15, -0.1) is 0 Å². The first-order valence-electron chi connectivity index (χ1n) is 5.93. The van der Waals surface area contributed by atoms with Gasteiger partial charge in [0.2, 0.25) is 0 Å². The second-order valence-electron chi connectivity index (χ2n) is 5.65. The second-order valence-corrected chi connectivity index (χ2v) is 5.65. The van der Waals surface area contributed by atoms with E-state index in [1.807, 2.05) is 34.6 Å². The van der Waals surface area contributed by atoms with E-state index < -0.39 is 29.4 Å². The van der Waals surface area contributed by atoms with E-state index in [2.05, 4.69) is 0 Å². The normalized spacial score (nSPS) is 53.5. The SMILES string of the molecule is CO[C@@H]1O[C@@H](C)[C@@]2(C)OC(C)(C)O[C@@]2(C)[C@@H]1O. The van der Waals surface area contributed by atoms with Crippen LogP contribution in [0.25, 0.3) is 0 Å². The van der Waals surface area contributed by atoms with Gasteiger partial charge >= 0.3 is 0 Å². The summed E-state index contributed by atoms with van der Waals surface area (Å²) in [5, 5.41) is 10.4. The van der Waals surface area contributed by atoms with Gasteiger partial charge < -0.3 is 24.1 Å². The highest BCUT2D eigenvalue weighted by Crippen LogP contribution is 2.52. The Labute approximate surface area is 102 Å². The monoisotopic (exact) mass is 246 g/mol. The van der Waals surface area contributed by atoms with Crippen molar-refractivity contribution in [2.75, 3.05) is 7.11 Å². The zero-order valence-corrected chi connectivity index (χ0v) is 11.3. The average Bonchev–Trinajstić information content (AvgIpc) is 2.40. The van der Waals surface area contributed by atoms with Crippen molar-refractivity contribution in [2.24, 2.45) is 0 Å². The van der Waals surface area contributed by atoms with Gasteiger partial charge in [-0.1, -0.05) is 0 Å². The number of hydrogen-bond donors (Lipinski definition) is 1. The molecular weight excluding hydrogens is 224 g/mol. The molecule has 2 fully saturated rings. The number of aliphatic hydroxyl groups excluding tert-OH is 1. The van der Waals surface area contributed by atoms with Crippen LogP contribution in [0.3, 0.4) is 0 Å². The van der Waals surface area contributed by atoms with Gasteiger partial charge in [0, 0.05) is 7.11 Å². The van der Waals surface area contributed by atoms with Gasteiger partial charge in [0.25, 0.3) is 0 Å². The third-order valence-corrected chi connectivity index (χ3v) is 4.07. The molecule has 2 rings (SSSR count). The molecule has 5 heteroatoms. The molecule has 0 saturated carbocycles. The molecule has 2 aliphatic rings. The minimum absolute atomic E-state index is 0.234. The maximum Gasteiger partial charge on any atom is 0.186 e. The van der Waals surface area contributed by atoms with Crippen LogP contribution in [0.2, 0.25) is 0 Å². The first kappa shape index (κ1) is 13.2. The molecule has 0 aromatic rings. The Morgan fingerprint density at radius 1 is 1.06 bits per heavy atom. The summed E-state index contributed by atoms with van der Waals surface area (Å²) < 4.78 is 22.7. The number of methoxy groups -OCH3 is 1. The lowest BCUT2D eigenvalue weighted by Crippen LogP contribution is -2.69. The lowest BCUT2D eigenvalue weighted by atomic mass is 9.75. The Kier molecular flexibility index (Phi) is 2.84. The van der Waals surface area contributed by atoms with Crippen molar-refractivity contribution in [3.05, 3.63) is 0 Å². The van der Waals surface area contributed by atoms with E-state index in [0.29, 0.717) is 0 Å². The van der Waals surface area contributed by atoms with E-state index in [0.717, 1.165) is 0 Å². The summed E-state index contributed by atoms with van der Waals surface area (Å²) in [6, 6.07) is 0. The van der Waals surface area contributed by atoms with Crippen LogP contribution < -0.4 is 0 Å². The smallest absolute Gasteiger partial charge is 0.186 e. The molecule has 0 amide bonds. The molecule has 0 radical (unpaired) electrons. The summed E-state index contributed by atoms with van der Waals surface area (Å²) >= 11 is 0. The van der Waals surface area contributed by atoms with E-state index in [1.54, 1.807) is 0 Å². The zero-order chi connectivity index (χ0) is 13.1. The van der Waals surface area contributed by atoms with Crippen molar-refractivity contribution in [2.45, 2.75) is 70.1 Å². The van der Waals surface area contributed by atoms with Crippen molar-refractivity contribution in [1.29, 1.82) is 0 Å². The van der Waals surface area contributed by atoms with Crippen LogP contribution in [0.15, 0.2) is 0 Å². The summed E-state index contributed by atoms with van der Waals surface area (Å²) in [6.07, 6.45) is -1.82. The lowest BCUT2D eigenvalue weighted by molar-refractivity contribution is -0.315. The average molecular weight is 246 g/mol. The molecule has 0 aromatic heterocycles. The molecule has 17 heavy (non-hydrogen) atoms. The van der Waals surface area contributed by atoms with Gasteiger partial charge in [0.05, 0.1) is 6.10 Å². The molecule has 5 atom stereocenters. The van der Waals surface area contributed by atoms with Crippen molar-refractivity contribution < 1.29 is 24.1 Å². The van der Waals surface area contributed by atoms with Crippen molar-refractivity contribution in [3.8, 4) is 0 Å². The Morgan fingerprint density at radius 2 is 1.59 bits per heavy atom. The van der Waals surface area contributed by atoms with Crippen LogP contribution in [0.1, 0.15) is 34.6 Å². The summed E-state index contributed by atoms with van der Waals surface area (Å²) in [7, 11) is 1.51. The minimum Gasteiger partial charge on any atom is -0.385 e. The fourth-order valence-corrected chi connectivity index (χ4v) is 2.93. The van der Waals surface area contributed by atoms with E-state index >= 15 is 0 Å². The van der Waals surface area contributed by atoms with Gasteiger partial charge in [0.15, 0.2) is 12.1 Å². The molecule has 2 heterocycles. The first-order valence-corrected chi connectivity index (χ1v) is 5.93. The fourth-order valence-electron chi connectivity index (χ4n) is 2.93. The van der Waals surface area contributed by atoms with Gasteiger partial charge in [-0.25, -0.2) is 0 Å². The quantitative estimate of drug-likeness (QED) is 0.749. The molecule has 1 N–H and O–H groups in total. The summed E-state index contributed by atoms with van der Waals surface area (Å²) in [4.78, 5) is 0. The first-order chi connectivity index (χ1) is 7.66. The number of fused-ring (bicyclic) bond motifs is 1. The predicted molar refractivity (Wildman–Crippen MR) is 60.4 cm³/mol. The zero-order valence-electron chi connectivity index (χ0n) is 11.3. The molecule has 2 aliphatic heterocycles. The number of rotatable bonds is 1. The largest absolute Gasteiger partial charge is 0.385 e. The Hall–Kier alpha value is -0.200. The van der Waals surface area contributed by atoms with Crippen molar-refractivity contribution in [3.63, 3.8) is 0 Å². The highest BCUT2D eigenvalue weighted by atomic mass is 16.8. The van der Waals surface area contributed by atoms with E-state index in [9.17, 15) is 5.11 Å². The molecule has 0 aliphatic carbocycles. The van der Waals surface area contributed by atoms with E-state index in [1.165, 1.54) is 7.11 Å². The summed E-state index contributed by atoms with van der Waals surface area (Å²) in [6.45, 7) is 9.33. The van der Waals surface area contributed by atoms with Crippen LogP contribution in [-0.4, -0.2) is 47.7 Å². The number of aliphatic hydroxyl groups is 1. The number of ether oxygens (including phenoxy) is 4. The number of hydrogen-bond acceptors (Lipinski definition) is 5. The van der Waals surface area contributed by atoms with Gasteiger partial charge in [0.1, 0.15) is 17.3 Å². The third-order valence-electron chi connectivity index (χ3n) is 4.07. The Bertz CT molecular complexity index is 318. The topological polar surface area (TPSA) is 57.2 Å². The van der Waals surface area contributed by atoms with Crippen LogP contribution >= 0.6 is 0 Å². The van der Waals surface area contributed by atoms with Crippen molar-refractivity contribution in [1.82, 2.24) is 0 Å². The van der Waals surface area contributed by atoms with Gasteiger partial charge in [-0.05, 0) is 34.6 Å². The van der Waals surface area contributed by atoms with Crippen LogP contribution in [-0.2, 0) is 18.9 Å². The Morgan fingerprint density at radius 3 is 2.12 bits per heavy atom. The van der Waals surface area contributed by atoms with Crippen LogP contribution in [0, 0.1) is 0 Å². The van der Waals surface area contributed by atoms with E-state index in [-0.39, 0.29) is 6.10 Å². The Balaban J connectivity index is 2.41. The lowest BCUT2D eigenvalue weighted by Gasteiger charge is -2.50. The van der Waals surface area contributed by atoms with E-state index in [4.69, 9.17) is 18.9 Å².